The summed E-state index contributed by atoms with van der Waals surface area (Å²) >= 11 is 1.75. The molecule has 1 saturated heterocycles. The van der Waals surface area contributed by atoms with E-state index in [4.69, 9.17) is 4.42 Å². The first-order chi connectivity index (χ1) is 10.2. The van der Waals surface area contributed by atoms with Gasteiger partial charge in [-0.15, -0.1) is 10.2 Å². The predicted molar refractivity (Wildman–Crippen MR) is 84.9 cm³/mol. The van der Waals surface area contributed by atoms with Crippen molar-refractivity contribution in [1.82, 2.24) is 14.8 Å². The molecule has 2 aromatic rings. The number of nitrogens with zero attached hydrogens (tertiary/aromatic N) is 4. The maximum absolute atomic E-state index is 5.50. The Morgan fingerprint density at radius 1 is 1.24 bits per heavy atom. The van der Waals surface area contributed by atoms with Crippen LogP contribution in [0.25, 0.3) is 0 Å². The van der Waals surface area contributed by atoms with Crippen LogP contribution >= 0.6 is 11.8 Å². The van der Waals surface area contributed by atoms with E-state index in [1.807, 2.05) is 12.1 Å². The molecule has 1 fully saturated rings. The predicted octanol–water partition coefficient (Wildman–Crippen LogP) is 3.41. The monoisotopic (exact) mass is 306 g/mol. The van der Waals surface area contributed by atoms with E-state index in [2.05, 4.69) is 33.5 Å². The molecule has 0 spiro atoms. The number of aromatic nitrogens is 3. The smallest absolute Gasteiger partial charge is 0.228 e. The summed E-state index contributed by atoms with van der Waals surface area (Å²) in [4.78, 5) is 2.35. The van der Waals surface area contributed by atoms with E-state index in [1.165, 1.54) is 19.3 Å². The van der Waals surface area contributed by atoms with Gasteiger partial charge in [0, 0.05) is 18.3 Å². The summed E-state index contributed by atoms with van der Waals surface area (Å²) in [5.74, 6) is 1.92. The van der Waals surface area contributed by atoms with Crippen LogP contribution in [0.1, 0.15) is 38.9 Å². The minimum atomic E-state index is 0.485. The van der Waals surface area contributed by atoms with Crippen molar-refractivity contribution in [2.24, 2.45) is 0 Å². The number of anilines is 1. The van der Waals surface area contributed by atoms with Crippen LogP contribution in [0.3, 0.4) is 0 Å². The Balaban J connectivity index is 1.89. The number of piperidine rings is 1. The highest BCUT2D eigenvalue weighted by Crippen LogP contribution is 2.27. The Bertz CT molecular complexity index is 558. The third-order valence-electron chi connectivity index (χ3n) is 3.57. The van der Waals surface area contributed by atoms with Crippen LogP contribution in [0.5, 0.6) is 0 Å². The molecule has 2 aromatic heterocycles. The van der Waals surface area contributed by atoms with Gasteiger partial charge in [0.05, 0.1) is 12.8 Å². The normalized spacial score (nSPS) is 15.9. The molecule has 0 amide bonds. The van der Waals surface area contributed by atoms with Crippen molar-refractivity contribution < 1.29 is 4.42 Å². The second kappa shape index (κ2) is 6.56. The fraction of sp³-hybridized carbons (Fsp3) is 0.600. The molecule has 0 unspecified atom stereocenters. The van der Waals surface area contributed by atoms with Crippen LogP contribution in [0.15, 0.2) is 28.0 Å². The molecule has 0 aromatic carbocycles. The lowest BCUT2D eigenvalue weighted by atomic mass is 10.1. The first-order valence-corrected chi connectivity index (χ1v) is 8.49. The van der Waals surface area contributed by atoms with Crippen molar-refractivity contribution in [2.75, 3.05) is 18.0 Å². The standard InChI is InChI=1S/C15H22N4OS/c1-12(2)21-15-17-16-14(18-8-4-3-5-9-18)19(15)11-13-7-6-10-20-13/h6-7,10,12H,3-5,8-9,11H2,1-2H3. The minimum absolute atomic E-state index is 0.485. The minimum Gasteiger partial charge on any atom is -0.467 e. The largest absolute Gasteiger partial charge is 0.467 e. The lowest BCUT2D eigenvalue weighted by molar-refractivity contribution is 0.479. The average molecular weight is 306 g/mol. The fourth-order valence-corrected chi connectivity index (χ4v) is 3.39. The van der Waals surface area contributed by atoms with Crippen molar-refractivity contribution in [2.45, 2.75) is 50.1 Å². The zero-order valence-electron chi connectivity index (χ0n) is 12.7. The zero-order chi connectivity index (χ0) is 14.7. The van der Waals surface area contributed by atoms with Gasteiger partial charge in [0.15, 0.2) is 5.16 Å². The van der Waals surface area contributed by atoms with E-state index in [1.54, 1.807) is 18.0 Å². The molecule has 21 heavy (non-hydrogen) atoms. The number of hydrogen-bond acceptors (Lipinski definition) is 5. The second-order valence-corrected chi connectivity index (χ2v) is 7.21. The molecule has 0 saturated carbocycles. The van der Waals surface area contributed by atoms with Crippen LogP contribution < -0.4 is 4.90 Å². The van der Waals surface area contributed by atoms with Gasteiger partial charge in [-0.1, -0.05) is 25.6 Å². The number of rotatable bonds is 5. The summed E-state index contributed by atoms with van der Waals surface area (Å²) in [5, 5.41) is 10.3. The van der Waals surface area contributed by atoms with E-state index in [9.17, 15) is 0 Å². The summed E-state index contributed by atoms with van der Waals surface area (Å²) in [7, 11) is 0. The van der Waals surface area contributed by atoms with Gasteiger partial charge >= 0.3 is 0 Å². The number of thioether (sulfide) groups is 1. The Kier molecular flexibility index (Phi) is 4.53. The SMILES string of the molecule is CC(C)Sc1nnc(N2CCCCC2)n1Cc1ccco1. The first-order valence-electron chi connectivity index (χ1n) is 7.61. The van der Waals surface area contributed by atoms with Gasteiger partial charge in [-0.2, -0.15) is 0 Å². The van der Waals surface area contributed by atoms with Gasteiger partial charge in [0.25, 0.3) is 0 Å². The Hall–Kier alpha value is -1.43. The lowest BCUT2D eigenvalue weighted by Gasteiger charge is -2.27. The van der Waals surface area contributed by atoms with Crippen LogP contribution in [0.2, 0.25) is 0 Å². The fourth-order valence-electron chi connectivity index (χ4n) is 2.60. The van der Waals surface area contributed by atoms with E-state index >= 15 is 0 Å². The third kappa shape index (κ3) is 3.43. The molecular formula is C15H22N4OS. The molecule has 3 rings (SSSR count). The highest BCUT2D eigenvalue weighted by atomic mass is 32.2. The molecule has 114 valence electrons. The maximum Gasteiger partial charge on any atom is 0.228 e. The van der Waals surface area contributed by atoms with Crippen molar-refractivity contribution >= 4 is 17.7 Å². The summed E-state index contributed by atoms with van der Waals surface area (Å²) in [6, 6.07) is 3.93. The molecule has 0 bridgehead atoms. The summed E-state index contributed by atoms with van der Waals surface area (Å²) in [5.41, 5.74) is 0. The topological polar surface area (TPSA) is 47.1 Å². The molecule has 0 aliphatic carbocycles. The summed E-state index contributed by atoms with van der Waals surface area (Å²) in [6.07, 6.45) is 5.51. The molecule has 0 radical (unpaired) electrons. The third-order valence-corrected chi connectivity index (χ3v) is 4.56. The van der Waals surface area contributed by atoms with Gasteiger partial charge < -0.3 is 9.32 Å². The molecule has 1 aliphatic heterocycles. The van der Waals surface area contributed by atoms with Gasteiger partial charge in [-0.3, -0.25) is 4.57 Å². The van der Waals surface area contributed by atoms with Gasteiger partial charge in [-0.05, 0) is 31.4 Å². The molecule has 0 atom stereocenters. The Morgan fingerprint density at radius 2 is 2.05 bits per heavy atom. The molecular weight excluding hydrogens is 284 g/mol. The van der Waals surface area contributed by atoms with E-state index in [0.717, 1.165) is 30.0 Å². The molecule has 5 nitrogen and oxygen atoms in total. The van der Waals surface area contributed by atoms with Gasteiger partial charge in [-0.25, -0.2) is 0 Å². The summed E-state index contributed by atoms with van der Waals surface area (Å²) < 4.78 is 7.69. The quantitative estimate of drug-likeness (QED) is 0.792. The number of furan rings is 1. The highest BCUT2D eigenvalue weighted by molar-refractivity contribution is 7.99. The van der Waals surface area contributed by atoms with Crippen molar-refractivity contribution in [3.63, 3.8) is 0 Å². The second-order valence-electron chi connectivity index (χ2n) is 5.66. The Morgan fingerprint density at radius 3 is 2.71 bits per heavy atom. The van der Waals surface area contributed by atoms with Crippen molar-refractivity contribution in [3.05, 3.63) is 24.2 Å². The molecule has 1 aliphatic rings. The molecule has 0 N–H and O–H groups in total. The maximum atomic E-state index is 5.50. The van der Waals surface area contributed by atoms with Crippen LogP contribution in [0.4, 0.5) is 5.95 Å². The number of hydrogen-bond donors (Lipinski definition) is 0. The van der Waals surface area contributed by atoms with Crippen molar-refractivity contribution in [1.29, 1.82) is 0 Å². The lowest BCUT2D eigenvalue weighted by Crippen LogP contribution is -2.32. The van der Waals surface area contributed by atoms with E-state index in [0.29, 0.717) is 11.8 Å². The van der Waals surface area contributed by atoms with E-state index in [-0.39, 0.29) is 0 Å². The Labute approximate surface area is 129 Å². The van der Waals surface area contributed by atoms with Crippen LogP contribution in [-0.2, 0) is 6.54 Å². The van der Waals surface area contributed by atoms with Crippen LogP contribution in [0, 0.1) is 0 Å². The van der Waals surface area contributed by atoms with Crippen LogP contribution in [-0.4, -0.2) is 33.1 Å². The van der Waals surface area contributed by atoms with Gasteiger partial charge in [0.1, 0.15) is 5.76 Å². The molecule has 3 heterocycles. The highest BCUT2D eigenvalue weighted by Gasteiger charge is 2.21. The van der Waals surface area contributed by atoms with Gasteiger partial charge in [0.2, 0.25) is 5.95 Å². The zero-order valence-corrected chi connectivity index (χ0v) is 13.5. The van der Waals surface area contributed by atoms with E-state index < -0.39 is 0 Å². The first kappa shape index (κ1) is 14.5. The summed E-state index contributed by atoms with van der Waals surface area (Å²) in [6.45, 7) is 7.19. The molecule has 6 heteroatoms. The van der Waals surface area contributed by atoms with Crippen molar-refractivity contribution in [3.8, 4) is 0 Å². The average Bonchev–Trinajstić information content (AvgIpc) is 3.11.